The number of carbonyl (C=O) groups excluding carboxylic acids is 1. The Morgan fingerprint density at radius 2 is 1.67 bits per heavy atom. The van der Waals surface area contributed by atoms with Crippen LogP contribution in [0.15, 0.2) is 42.5 Å². The van der Waals surface area contributed by atoms with Crippen LogP contribution in [-0.4, -0.2) is 11.9 Å². The lowest BCUT2D eigenvalue weighted by molar-refractivity contribution is 0.103. The third kappa shape index (κ3) is 2.98. The highest BCUT2D eigenvalue weighted by molar-refractivity contribution is 6.09. The summed E-state index contributed by atoms with van der Waals surface area (Å²) in [5.41, 5.74) is 3.66. The quantitative estimate of drug-likeness (QED) is 0.801. The van der Waals surface area contributed by atoms with Gasteiger partial charge < -0.3 is 9.47 Å². The maximum atomic E-state index is 12.5. The van der Waals surface area contributed by atoms with E-state index in [4.69, 9.17) is 9.47 Å². The number of hydrogen-bond donors (Lipinski definition) is 0. The maximum absolute atomic E-state index is 12.5. The van der Waals surface area contributed by atoms with Crippen LogP contribution in [0.3, 0.4) is 0 Å². The molecule has 0 N–H and O–H groups in total. The number of carbonyl (C=O) groups is 1. The molecule has 0 saturated carbocycles. The van der Waals surface area contributed by atoms with Crippen LogP contribution < -0.4 is 4.74 Å². The van der Waals surface area contributed by atoms with Crippen molar-refractivity contribution in [1.82, 2.24) is 0 Å². The molecule has 0 saturated heterocycles. The molecule has 1 heterocycles. The molecule has 3 heteroatoms. The molecule has 3 nitrogen and oxygen atoms in total. The molecular formula is C18H18O3. The Hall–Kier alpha value is -2.13. The fourth-order valence-electron chi connectivity index (χ4n) is 2.44. The van der Waals surface area contributed by atoms with Gasteiger partial charge in [-0.2, -0.15) is 0 Å². The molecule has 0 atom stereocenters. The lowest BCUT2D eigenvalue weighted by Crippen LogP contribution is -2.06. The fraction of sp³-hybridized carbons (Fsp3) is 0.278. The summed E-state index contributed by atoms with van der Waals surface area (Å²) in [5, 5.41) is 0. The SMILES string of the molecule is CC(C)Oc1ccc(C(=O)c2ccc3c(c2)COC3)cc1. The molecule has 2 aromatic rings. The first-order valence-corrected chi connectivity index (χ1v) is 7.14. The van der Waals surface area contributed by atoms with E-state index in [1.165, 1.54) is 5.56 Å². The average molecular weight is 282 g/mol. The van der Waals surface area contributed by atoms with Crippen LogP contribution in [0.25, 0.3) is 0 Å². The zero-order valence-corrected chi connectivity index (χ0v) is 12.3. The van der Waals surface area contributed by atoms with Crippen molar-refractivity contribution >= 4 is 5.78 Å². The van der Waals surface area contributed by atoms with Crippen molar-refractivity contribution in [3.8, 4) is 5.75 Å². The number of benzene rings is 2. The Kier molecular flexibility index (Phi) is 3.76. The molecule has 0 aromatic heterocycles. The van der Waals surface area contributed by atoms with E-state index in [1.807, 2.05) is 56.3 Å². The average Bonchev–Trinajstić information content (AvgIpc) is 2.94. The Morgan fingerprint density at radius 3 is 2.38 bits per heavy atom. The zero-order valence-electron chi connectivity index (χ0n) is 12.3. The van der Waals surface area contributed by atoms with Crippen molar-refractivity contribution in [2.75, 3.05) is 0 Å². The first-order chi connectivity index (χ1) is 10.1. The van der Waals surface area contributed by atoms with Crippen molar-refractivity contribution in [1.29, 1.82) is 0 Å². The number of hydrogen-bond acceptors (Lipinski definition) is 3. The predicted octanol–water partition coefficient (Wildman–Crippen LogP) is 3.74. The summed E-state index contributed by atoms with van der Waals surface area (Å²) in [7, 11) is 0. The number of ether oxygens (including phenoxy) is 2. The lowest BCUT2D eigenvalue weighted by Gasteiger charge is -2.10. The van der Waals surface area contributed by atoms with Gasteiger partial charge in [-0.1, -0.05) is 12.1 Å². The molecule has 0 radical (unpaired) electrons. The first-order valence-electron chi connectivity index (χ1n) is 7.14. The second-order valence-corrected chi connectivity index (χ2v) is 5.50. The minimum Gasteiger partial charge on any atom is -0.491 e. The third-order valence-corrected chi connectivity index (χ3v) is 3.47. The van der Waals surface area contributed by atoms with Crippen LogP contribution in [0.4, 0.5) is 0 Å². The highest BCUT2D eigenvalue weighted by Gasteiger charge is 2.15. The summed E-state index contributed by atoms with van der Waals surface area (Å²) in [6.07, 6.45) is 0.128. The van der Waals surface area contributed by atoms with Gasteiger partial charge in [0.05, 0.1) is 19.3 Å². The van der Waals surface area contributed by atoms with Gasteiger partial charge in [-0.05, 0) is 55.3 Å². The summed E-state index contributed by atoms with van der Waals surface area (Å²) in [6, 6.07) is 13.1. The zero-order chi connectivity index (χ0) is 14.8. The molecule has 2 aromatic carbocycles. The van der Waals surface area contributed by atoms with Crippen LogP contribution in [0.1, 0.15) is 40.9 Å². The van der Waals surface area contributed by atoms with Crippen LogP contribution in [-0.2, 0) is 18.0 Å². The second kappa shape index (κ2) is 5.70. The molecule has 0 bridgehead atoms. The molecule has 1 aliphatic heterocycles. The van der Waals surface area contributed by atoms with Gasteiger partial charge in [-0.25, -0.2) is 0 Å². The smallest absolute Gasteiger partial charge is 0.193 e. The molecule has 108 valence electrons. The van der Waals surface area contributed by atoms with E-state index in [1.54, 1.807) is 0 Å². The van der Waals surface area contributed by atoms with E-state index in [9.17, 15) is 4.79 Å². The summed E-state index contributed by atoms with van der Waals surface area (Å²) >= 11 is 0. The van der Waals surface area contributed by atoms with Gasteiger partial charge in [-0.3, -0.25) is 4.79 Å². The molecule has 0 amide bonds. The van der Waals surface area contributed by atoms with Crippen molar-refractivity contribution in [2.24, 2.45) is 0 Å². The number of rotatable bonds is 4. The summed E-state index contributed by atoms with van der Waals surface area (Å²) in [5.74, 6) is 0.810. The monoisotopic (exact) mass is 282 g/mol. The van der Waals surface area contributed by atoms with Gasteiger partial charge in [0.15, 0.2) is 5.78 Å². The van der Waals surface area contributed by atoms with Crippen molar-refractivity contribution in [3.63, 3.8) is 0 Å². The maximum Gasteiger partial charge on any atom is 0.193 e. The van der Waals surface area contributed by atoms with Crippen molar-refractivity contribution in [2.45, 2.75) is 33.2 Å². The van der Waals surface area contributed by atoms with Gasteiger partial charge in [0, 0.05) is 11.1 Å². The first kappa shape index (κ1) is 13.8. The van der Waals surface area contributed by atoms with Gasteiger partial charge in [0.25, 0.3) is 0 Å². The Balaban J connectivity index is 1.81. The van der Waals surface area contributed by atoms with Gasteiger partial charge in [0.2, 0.25) is 0 Å². The highest BCUT2D eigenvalue weighted by atomic mass is 16.5. The van der Waals surface area contributed by atoms with E-state index in [2.05, 4.69) is 0 Å². The van der Waals surface area contributed by atoms with E-state index >= 15 is 0 Å². The second-order valence-electron chi connectivity index (χ2n) is 5.50. The molecule has 0 spiro atoms. The molecular weight excluding hydrogens is 264 g/mol. The molecule has 0 unspecified atom stereocenters. The Bertz CT molecular complexity index is 657. The highest BCUT2D eigenvalue weighted by Crippen LogP contribution is 2.23. The predicted molar refractivity (Wildman–Crippen MR) is 80.6 cm³/mol. The molecule has 1 aliphatic rings. The van der Waals surface area contributed by atoms with Gasteiger partial charge in [-0.15, -0.1) is 0 Å². The number of ketones is 1. The van der Waals surface area contributed by atoms with E-state index in [-0.39, 0.29) is 11.9 Å². The Labute approximate surface area is 124 Å². The minimum atomic E-state index is 0.0285. The molecule has 0 fully saturated rings. The topological polar surface area (TPSA) is 35.5 Å². The standard InChI is InChI=1S/C18H18O3/c1-12(2)21-17-7-5-13(6-8-17)18(19)14-3-4-15-10-20-11-16(15)9-14/h3-9,12H,10-11H2,1-2H3. The largest absolute Gasteiger partial charge is 0.491 e. The molecule has 21 heavy (non-hydrogen) atoms. The summed E-state index contributed by atoms with van der Waals surface area (Å²) < 4.78 is 11.0. The third-order valence-electron chi connectivity index (χ3n) is 3.47. The Morgan fingerprint density at radius 1 is 1.00 bits per heavy atom. The van der Waals surface area contributed by atoms with Crippen molar-refractivity contribution in [3.05, 3.63) is 64.7 Å². The van der Waals surface area contributed by atoms with Crippen molar-refractivity contribution < 1.29 is 14.3 Å². The van der Waals surface area contributed by atoms with Crippen LogP contribution in [0, 0.1) is 0 Å². The summed E-state index contributed by atoms with van der Waals surface area (Å²) in [4.78, 5) is 12.5. The van der Waals surface area contributed by atoms with E-state index in [0.717, 1.165) is 11.3 Å². The van der Waals surface area contributed by atoms with Gasteiger partial charge in [0.1, 0.15) is 5.75 Å². The van der Waals surface area contributed by atoms with Crippen LogP contribution in [0.5, 0.6) is 5.75 Å². The minimum absolute atomic E-state index is 0.0285. The van der Waals surface area contributed by atoms with E-state index < -0.39 is 0 Å². The van der Waals surface area contributed by atoms with Gasteiger partial charge >= 0.3 is 0 Å². The fourth-order valence-corrected chi connectivity index (χ4v) is 2.44. The number of fused-ring (bicyclic) bond motifs is 1. The molecule has 0 aliphatic carbocycles. The lowest BCUT2D eigenvalue weighted by atomic mass is 9.99. The normalized spacial score (nSPS) is 13.3. The van der Waals surface area contributed by atoms with Crippen LogP contribution >= 0.6 is 0 Å². The summed E-state index contributed by atoms with van der Waals surface area (Å²) in [6.45, 7) is 5.19. The molecule has 3 rings (SSSR count). The van der Waals surface area contributed by atoms with E-state index in [0.29, 0.717) is 24.3 Å². The van der Waals surface area contributed by atoms with Crippen LogP contribution in [0.2, 0.25) is 0 Å².